The van der Waals surface area contributed by atoms with Gasteiger partial charge < -0.3 is 0 Å². The Morgan fingerprint density at radius 1 is 1.38 bits per heavy atom. The van der Waals surface area contributed by atoms with Crippen molar-refractivity contribution in [3.05, 3.63) is 29.8 Å². The summed E-state index contributed by atoms with van der Waals surface area (Å²) in [5, 5.41) is 17.9. The standard InChI is InChI=1S/C11H13O4.Hg/c1-8(12)6-9-2-4-10(5-3-9)15-7-11(13)14;/h2-5,8,12H,1,6-7H2,(H,13,14);. The fraction of sp³-hybridized carbons (Fsp3) is 0.364. The van der Waals surface area contributed by atoms with Gasteiger partial charge in [-0.2, -0.15) is 0 Å². The van der Waals surface area contributed by atoms with Crippen molar-refractivity contribution in [3.63, 3.8) is 0 Å². The van der Waals surface area contributed by atoms with Crippen molar-refractivity contribution in [2.75, 3.05) is 6.61 Å². The van der Waals surface area contributed by atoms with Crippen LogP contribution in [0.25, 0.3) is 0 Å². The predicted octanol–water partition coefficient (Wildman–Crippen LogP) is 1.02. The quantitative estimate of drug-likeness (QED) is 0.688. The molecule has 0 aliphatic rings. The molecular weight excluding hydrogens is 397 g/mol. The Morgan fingerprint density at radius 3 is 2.50 bits per heavy atom. The van der Waals surface area contributed by atoms with Crippen LogP contribution in [0.15, 0.2) is 24.3 Å². The molecule has 4 nitrogen and oxygen atoms in total. The van der Waals surface area contributed by atoms with Gasteiger partial charge in [0, 0.05) is 0 Å². The number of hydrogen-bond acceptors (Lipinski definition) is 3. The molecule has 2 N–H and O–H groups in total. The van der Waals surface area contributed by atoms with Crippen molar-refractivity contribution in [2.45, 2.75) is 16.5 Å². The number of hydrogen-bond donors (Lipinski definition) is 2. The number of ether oxygens (including phenoxy) is 1. The summed E-state index contributed by atoms with van der Waals surface area (Å²) in [6.45, 7) is -0.329. The molecule has 1 aromatic rings. The molecule has 1 unspecified atom stereocenters. The van der Waals surface area contributed by atoms with Crippen LogP contribution in [0.3, 0.4) is 0 Å². The molecule has 0 heterocycles. The normalized spacial score (nSPS) is 12.2. The van der Waals surface area contributed by atoms with Gasteiger partial charge in [0.2, 0.25) is 0 Å². The number of aliphatic hydroxyl groups excluding tert-OH is 1. The SMILES string of the molecule is O=C(O)COc1ccc(CC(O)[CH2][Hg])cc1. The second-order valence-electron chi connectivity index (χ2n) is 3.47. The van der Waals surface area contributed by atoms with Crippen LogP contribution < -0.4 is 4.74 Å². The van der Waals surface area contributed by atoms with E-state index >= 15 is 0 Å². The van der Waals surface area contributed by atoms with Crippen molar-refractivity contribution >= 4 is 5.97 Å². The van der Waals surface area contributed by atoms with E-state index in [1.807, 2.05) is 12.1 Å². The summed E-state index contributed by atoms with van der Waals surface area (Å²) in [5.74, 6) is -0.451. The molecular formula is C11H13HgO4. The molecule has 83 valence electrons. The van der Waals surface area contributed by atoms with Crippen molar-refractivity contribution in [2.24, 2.45) is 0 Å². The number of carbonyl (C=O) groups is 1. The molecule has 16 heavy (non-hydrogen) atoms. The van der Waals surface area contributed by atoms with E-state index in [4.69, 9.17) is 9.84 Å². The third-order valence-corrected chi connectivity index (χ3v) is 4.68. The van der Waals surface area contributed by atoms with E-state index in [-0.39, 0.29) is 12.7 Å². The van der Waals surface area contributed by atoms with Gasteiger partial charge in [-0.3, -0.25) is 0 Å². The van der Waals surface area contributed by atoms with Crippen molar-refractivity contribution in [1.29, 1.82) is 0 Å². The van der Waals surface area contributed by atoms with Crippen LogP contribution in [0, 0.1) is 0 Å². The molecule has 1 aromatic carbocycles. The first kappa shape index (κ1) is 13.5. The minimum atomic E-state index is -0.988. The monoisotopic (exact) mass is 411 g/mol. The van der Waals surface area contributed by atoms with Crippen LogP contribution >= 0.6 is 0 Å². The van der Waals surface area contributed by atoms with Gasteiger partial charge in [-0.15, -0.1) is 0 Å². The van der Waals surface area contributed by atoms with Crippen molar-refractivity contribution < 1.29 is 45.9 Å². The zero-order valence-corrected chi connectivity index (χ0v) is 14.4. The summed E-state index contributed by atoms with van der Waals surface area (Å²) in [6.07, 6.45) is 0.414. The molecule has 0 amide bonds. The van der Waals surface area contributed by atoms with Gasteiger partial charge in [0.25, 0.3) is 0 Å². The Bertz CT molecular complexity index is 336. The van der Waals surface area contributed by atoms with E-state index in [1.54, 1.807) is 12.1 Å². The molecule has 1 atom stereocenters. The molecule has 1 rings (SSSR count). The van der Waals surface area contributed by atoms with Gasteiger partial charge in [-0.1, -0.05) is 0 Å². The Balaban J connectivity index is 2.50. The molecule has 0 aromatic heterocycles. The first-order valence-corrected chi connectivity index (χ1v) is 8.91. The molecule has 0 aliphatic carbocycles. The van der Waals surface area contributed by atoms with E-state index in [1.165, 1.54) is 0 Å². The number of aliphatic hydroxyl groups is 1. The Hall–Kier alpha value is -0.615. The molecule has 5 heteroatoms. The molecule has 0 saturated heterocycles. The van der Waals surface area contributed by atoms with Crippen LogP contribution in [0.4, 0.5) is 0 Å². The van der Waals surface area contributed by atoms with Crippen LogP contribution in [0.2, 0.25) is 3.93 Å². The number of benzene rings is 1. The van der Waals surface area contributed by atoms with Crippen LogP contribution in [0.1, 0.15) is 5.56 Å². The number of rotatable bonds is 6. The zero-order chi connectivity index (χ0) is 12.0. The van der Waals surface area contributed by atoms with E-state index in [0.29, 0.717) is 38.3 Å². The summed E-state index contributed by atoms with van der Waals surface area (Å²) >= 11 is 0.617. The predicted molar refractivity (Wildman–Crippen MR) is 54.1 cm³/mol. The summed E-state index contributed by atoms with van der Waals surface area (Å²) in [5.41, 5.74) is 1.04. The first-order chi connectivity index (χ1) is 7.61. The summed E-state index contributed by atoms with van der Waals surface area (Å²) in [6, 6.07) is 7.15. The van der Waals surface area contributed by atoms with E-state index in [2.05, 4.69) is 0 Å². The van der Waals surface area contributed by atoms with Gasteiger partial charge in [0.15, 0.2) is 0 Å². The minimum absolute atomic E-state index is 0.242. The average molecular weight is 410 g/mol. The van der Waals surface area contributed by atoms with Gasteiger partial charge in [-0.05, 0) is 0 Å². The van der Waals surface area contributed by atoms with E-state index in [0.717, 1.165) is 9.49 Å². The third kappa shape index (κ3) is 4.94. The fourth-order valence-electron chi connectivity index (χ4n) is 1.24. The number of aliphatic carboxylic acids is 1. The molecule has 0 bridgehead atoms. The zero-order valence-electron chi connectivity index (χ0n) is 8.93. The Morgan fingerprint density at radius 2 is 2.00 bits per heavy atom. The van der Waals surface area contributed by atoms with Gasteiger partial charge >= 0.3 is 110 Å². The van der Waals surface area contributed by atoms with Crippen molar-refractivity contribution in [1.82, 2.24) is 0 Å². The van der Waals surface area contributed by atoms with E-state index < -0.39 is 5.97 Å². The van der Waals surface area contributed by atoms with Gasteiger partial charge in [-0.25, -0.2) is 0 Å². The van der Waals surface area contributed by atoms with Gasteiger partial charge in [0.05, 0.1) is 0 Å². The Kier molecular flexibility index (Phi) is 5.77. The second-order valence-corrected chi connectivity index (χ2v) is 5.72. The van der Waals surface area contributed by atoms with Crippen molar-refractivity contribution in [3.8, 4) is 5.75 Å². The van der Waals surface area contributed by atoms with Gasteiger partial charge in [0.1, 0.15) is 0 Å². The average Bonchev–Trinajstić information content (AvgIpc) is 2.28. The second kappa shape index (κ2) is 6.86. The summed E-state index contributed by atoms with van der Waals surface area (Å²) in [4.78, 5) is 10.3. The Labute approximate surface area is 110 Å². The van der Waals surface area contributed by atoms with Crippen LogP contribution in [-0.2, 0) is 37.3 Å². The van der Waals surface area contributed by atoms with Crippen LogP contribution in [-0.4, -0.2) is 28.9 Å². The summed E-state index contributed by atoms with van der Waals surface area (Å²) in [7, 11) is 0. The molecule has 0 fully saturated rings. The van der Waals surface area contributed by atoms with E-state index in [9.17, 15) is 9.90 Å². The fourth-order valence-corrected chi connectivity index (χ4v) is 2.03. The maximum atomic E-state index is 10.3. The topological polar surface area (TPSA) is 66.8 Å². The molecule has 0 aliphatic heterocycles. The maximum absolute atomic E-state index is 10.3. The summed E-state index contributed by atoms with van der Waals surface area (Å²) < 4.78 is 5.92. The molecule has 0 radical (unpaired) electrons. The molecule has 0 spiro atoms. The number of carboxylic acid groups (broad SMARTS) is 1. The molecule has 0 saturated carbocycles. The first-order valence-electron chi connectivity index (χ1n) is 5.02. The number of carboxylic acids is 1. The third-order valence-electron chi connectivity index (χ3n) is 2.09. The van der Waals surface area contributed by atoms with Crippen LogP contribution in [0.5, 0.6) is 5.75 Å².